The standard InChI is InChI=1S/C30H42OS/c1-3-5-6-7-8-9-10-11-12-13-14-24-32-29-21-19-28(20-22-29)30(31)23-18-27-17-15-16-26(4-2)25-27/h15-23,25H,3-14,24H2,1-2H3/b23-18+. The normalized spacial score (nSPS) is 11.3. The van der Waals surface area contributed by atoms with Gasteiger partial charge in [0.15, 0.2) is 5.78 Å². The first-order chi connectivity index (χ1) is 15.7. The van der Waals surface area contributed by atoms with E-state index >= 15 is 0 Å². The average Bonchev–Trinajstić information content (AvgIpc) is 2.83. The molecule has 2 rings (SSSR count). The second-order valence-electron chi connectivity index (χ2n) is 8.70. The quantitative estimate of drug-likeness (QED) is 0.103. The number of hydrogen-bond acceptors (Lipinski definition) is 2. The van der Waals surface area contributed by atoms with Crippen LogP contribution >= 0.6 is 11.8 Å². The Morgan fingerprint density at radius 2 is 1.41 bits per heavy atom. The first-order valence-electron chi connectivity index (χ1n) is 12.8. The molecule has 0 fully saturated rings. The zero-order valence-electron chi connectivity index (χ0n) is 20.3. The van der Waals surface area contributed by atoms with Crippen LogP contribution in [0.25, 0.3) is 6.08 Å². The maximum Gasteiger partial charge on any atom is 0.185 e. The van der Waals surface area contributed by atoms with Crippen molar-refractivity contribution < 1.29 is 4.79 Å². The number of unbranched alkanes of at least 4 members (excludes halogenated alkanes) is 10. The topological polar surface area (TPSA) is 17.1 Å². The molecule has 2 aromatic rings. The molecule has 2 aromatic carbocycles. The highest BCUT2D eigenvalue weighted by Crippen LogP contribution is 2.21. The van der Waals surface area contributed by atoms with Gasteiger partial charge >= 0.3 is 0 Å². The molecule has 0 aliphatic rings. The van der Waals surface area contributed by atoms with Crippen molar-refractivity contribution in [2.24, 2.45) is 0 Å². The maximum atomic E-state index is 12.5. The van der Waals surface area contributed by atoms with Gasteiger partial charge in [-0.3, -0.25) is 4.79 Å². The van der Waals surface area contributed by atoms with Gasteiger partial charge in [0.2, 0.25) is 0 Å². The van der Waals surface area contributed by atoms with Gasteiger partial charge in [-0.05, 0) is 60.1 Å². The third-order valence-electron chi connectivity index (χ3n) is 5.94. The Kier molecular flexibility index (Phi) is 13.9. The number of hydrogen-bond donors (Lipinski definition) is 0. The Morgan fingerprint density at radius 1 is 0.781 bits per heavy atom. The van der Waals surface area contributed by atoms with E-state index < -0.39 is 0 Å². The molecule has 0 N–H and O–H groups in total. The summed E-state index contributed by atoms with van der Waals surface area (Å²) >= 11 is 1.91. The molecule has 2 heteroatoms. The van der Waals surface area contributed by atoms with E-state index in [4.69, 9.17) is 0 Å². The summed E-state index contributed by atoms with van der Waals surface area (Å²) < 4.78 is 0. The summed E-state index contributed by atoms with van der Waals surface area (Å²) in [5.41, 5.74) is 3.13. The van der Waals surface area contributed by atoms with Crippen LogP contribution in [0.5, 0.6) is 0 Å². The smallest absolute Gasteiger partial charge is 0.185 e. The zero-order chi connectivity index (χ0) is 22.9. The van der Waals surface area contributed by atoms with Crippen LogP contribution in [0.15, 0.2) is 59.5 Å². The molecular weight excluding hydrogens is 408 g/mol. The molecule has 0 spiro atoms. The van der Waals surface area contributed by atoms with Crippen LogP contribution < -0.4 is 0 Å². The van der Waals surface area contributed by atoms with Crippen LogP contribution in [0, 0.1) is 0 Å². The Bertz CT molecular complexity index is 791. The number of rotatable bonds is 17. The number of ketones is 1. The Hall–Kier alpha value is -1.80. The molecule has 0 aromatic heterocycles. The van der Waals surface area contributed by atoms with Gasteiger partial charge in [0, 0.05) is 10.5 Å². The van der Waals surface area contributed by atoms with E-state index in [1.54, 1.807) is 6.08 Å². The molecule has 0 atom stereocenters. The van der Waals surface area contributed by atoms with Crippen molar-refractivity contribution >= 4 is 23.6 Å². The van der Waals surface area contributed by atoms with Gasteiger partial charge in [0.05, 0.1) is 0 Å². The molecule has 0 amide bonds. The zero-order valence-corrected chi connectivity index (χ0v) is 21.1. The van der Waals surface area contributed by atoms with Crippen LogP contribution in [0.3, 0.4) is 0 Å². The van der Waals surface area contributed by atoms with Crippen molar-refractivity contribution in [3.63, 3.8) is 0 Å². The van der Waals surface area contributed by atoms with Crippen LogP contribution in [0.2, 0.25) is 0 Å². The van der Waals surface area contributed by atoms with Crippen molar-refractivity contribution in [1.82, 2.24) is 0 Å². The molecular formula is C30H42OS. The second-order valence-corrected chi connectivity index (χ2v) is 9.87. The third-order valence-corrected chi connectivity index (χ3v) is 7.04. The van der Waals surface area contributed by atoms with Gasteiger partial charge in [0.1, 0.15) is 0 Å². The van der Waals surface area contributed by atoms with E-state index in [9.17, 15) is 4.79 Å². The monoisotopic (exact) mass is 450 g/mol. The van der Waals surface area contributed by atoms with E-state index in [2.05, 4.69) is 38.1 Å². The van der Waals surface area contributed by atoms with Crippen molar-refractivity contribution in [3.05, 3.63) is 71.3 Å². The molecule has 32 heavy (non-hydrogen) atoms. The summed E-state index contributed by atoms with van der Waals surface area (Å²) in [7, 11) is 0. The fourth-order valence-corrected chi connectivity index (χ4v) is 4.77. The van der Waals surface area contributed by atoms with Gasteiger partial charge < -0.3 is 0 Å². The number of thioether (sulfide) groups is 1. The highest BCUT2D eigenvalue weighted by Gasteiger charge is 2.03. The molecule has 0 aliphatic heterocycles. The summed E-state index contributed by atoms with van der Waals surface area (Å²) in [4.78, 5) is 13.7. The maximum absolute atomic E-state index is 12.5. The van der Waals surface area contributed by atoms with Crippen molar-refractivity contribution in [3.8, 4) is 0 Å². The lowest BCUT2D eigenvalue weighted by atomic mass is 10.1. The van der Waals surface area contributed by atoms with E-state index in [0.29, 0.717) is 0 Å². The van der Waals surface area contributed by atoms with Gasteiger partial charge in [-0.1, -0.05) is 108 Å². The highest BCUT2D eigenvalue weighted by molar-refractivity contribution is 7.99. The van der Waals surface area contributed by atoms with Crippen LogP contribution in [0.4, 0.5) is 0 Å². The van der Waals surface area contributed by atoms with Gasteiger partial charge in [-0.25, -0.2) is 0 Å². The number of carbonyl (C=O) groups excluding carboxylic acids is 1. The molecule has 0 aliphatic carbocycles. The van der Waals surface area contributed by atoms with Crippen LogP contribution in [-0.2, 0) is 6.42 Å². The predicted octanol–water partition coefficient (Wildman–Crippen LogP) is 9.55. The van der Waals surface area contributed by atoms with Crippen molar-refractivity contribution in [2.75, 3.05) is 5.75 Å². The summed E-state index contributed by atoms with van der Waals surface area (Å²) in [6.45, 7) is 4.42. The van der Waals surface area contributed by atoms with Crippen LogP contribution in [-0.4, -0.2) is 11.5 Å². The molecule has 0 heterocycles. The Morgan fingerprint density at radius 3 is 2.03 bits per heavy atom. The largest absolute Gasteiger partial charge is 0.289 e. The number of allylic oxidation sites excluding steroid dienone is 1. The minimum atomic E-state index is 0.0637. The summed E-state index contributed by atoms with van der Waals surface area (Å²) in [6, 6.07) is 16.4. The lowest BCUT2D eigenvalue weighted by Crippen LogP contribution is -1.94. The van der Waals surface area contributed by atoms with E-state index in [0.717, 1.165) is 23.3 Å². The molecule has 0 saturated heterocycles. The first kappa shape index (κ1) is 26.5. The second kappa shape index (κ2) is 16.8. The molecule has 0 saturated carbocycles. The highest BCUT2D eigenvalue weighted by atomic mass is 32.2. The average molecular weight is 451 g/mol. The van der Waals surface area contributed by atoms with Gasteiger partial charge in [-0.2, -0.15) is 0 Å². The van der Waals surface area contributed by atoms with Crippen molar-refractivity contribution in [1.29, 1.82) is 0 Å². The lowest BCUT2D eigenvalue weighted by molar-refractivity contribution is 0.104. The number of aryl methyl sites for hydroxylation is 1. The Balaban J connectivity index is 1.58. The molecule has 174 valence electrons. The third kappa shape index (κ3) is 11.2. The number of carbonyl (C=O) groups is 1. The van der Waals surface area contributed by atoms with Gasteiger partial charge in [-0.15, -0.1) is 11.8 Å². The first-order valence-corrected chi connectivity index (χ1v) is 13.8. The van der Waals surface area contributed by atoms with E-state index in [1.165, 1.54) is 81.1 Å². The van der Waals surface area contributed by atoms with E-state index in [1.807, 2.05) is 42.1 Å². The SMILES string of the molecule is CCCCCCCCCCCCCSc1ccc(C(=O)/C=C/c2cccc(CC)c2)cc1. The fraction of sp³-hybridized carbons (Fsp3) is 0.500. The molecule has 1 nitrogen and oxygen atoms in total. The summed E-state index contributed by atoms with van der Waals surface area (Å²) in [5, 5.41) is 0. The van der Waals surface area contributed by atoms with Crippen LogP contribution in [0.1, 0.15) is 106 Å². The minimum Gasteiger partial charge on any atom is -0.289 e. The minimum absolute atomic E-state index is 0.0637. The fourth-order valence-electron chi connectivity index (χ4n) is 3.86. The van der Waals surface area contributed by atoms with E-state index in [-0.39, 0.29) is 5.78 Å². The Labute approximate surface area is 201 Å². The van der Waals surface area contributed by atoms with Crippen molar-refractivity contribution in [2.45, 2.75) is 95.8 Å². The molecule has 0 unspecified atom stereocenters. The van der Waals surface area contributed by atoms with Gasteiger partial charge in [0.25, 0.3) is 0 Å². The lowest BCUT2D eigenvalue weighted by Gasteiger charge is -2.04. The number of benzene rings is 2. The summed E-state index contributed by atoms with van der Waals surface area (Å²) in [6.07, 6.45) is 19.8. The summed E-state index contributed by atoms with van der Waals surface area (Å²) in [5.74, 6) is 1.23. The molecule has 0 radical (unpaired) electrons. The predicted molar refractivity (Wildman–Crippen MR) is 143 cm³/mol. The molecule has 0 bridgehead atoms.